The monoisotopic (exact) mass is 503 g/mol. The molecule has 0 bridgehead atoms. The van der Waals surface area contributed by atoms with Gasteiger partial charge in [0.2, 0.25) is 5.91 Å². The highest BCUT2D eigenvalue weighted by Gasteiger charge is 2.43. The van der Waals surface area contributed by atoms with Crippen molar-refractivity contribution in [2.45, 2.75) is 44.2 Å². The van der Waals surface area contributed by atoms with Crippen molar-refractivity contribution in [1.82, 2.24) is 15.7 Å². The summed E-state index contributed by atoms with van der Waals surface area (Å²) in [5.41, 5.74) is 9.70. The smallest absolute Gasteiger partial charge is 0.272 e. The summed E-state index contributed by atoms with van der Waals surface area (Å²) in [5, 5.41) is 11.7. The Labute approximate surface area is 220 Å². The number of amides is 2. The van der Waals surface area contributed by atoms with E-state index in [2.05, 4.69) is 62.5 Å². The average molecular weight is 504 g/mol. The van der Waals surface area contributed by atoms with Crippen LogP contribution in [0.15, 0.2) is 71.8 Å². The highest BCUT2D eigenvalue weighted by molar-refractivity contribution is 6.18. The average Bonchev–Trinajstić information content (AvgIpc) is 3.66. The van der Waals surface area contributed by atoms with E-state index in [1.807, 2.05) is 24.3 Å². The van der Waals surface area contributed by atoms with Crippen LogP contribution in [0.5, 0.6) is 0 Å². The van der Waals surface area contributed by atoms with Crippen LogP contribution in [0, 0.1) is 5.92 Å². The number of benzene rings is 3. The highest BCUT2D eigenvalue weighted by Crippen LogP contribution is 2.48. The number of nitrogens with zero attached hydrogens (tertiary/aromatic N) is 1. The lowest BCUT2D eigenvalue weighted by atomic mass is 9.93. The van der Waals surface area contributed by atoms with Crippen LogP contribution < -0.4 is 16.1 Å². The molecule has 2 aliphatic carbocycles. The zero-order chi connectivity index (χ0) is 25.6. The predicted molar refractivity (Wildman–Crippen MR) is 149 cm³/mol. The van der Waals surface area contributed by atoms with Crippen LogP contribution in [0.1, 0.15) is 58.6 Å². The molecule has 3 aliphatic rings. The molecule has 2 atom stereocenters. The summed E-state index contributed by atoms with van der Waals surface area (Å²) in [7, 11) is 0. The van der Waals surface area contributed by atoms with Crippen LogP contribution in [-0.4, -0.2) is 29.1 Å². The lowest BCUT2D eigenvalue weighted by molar-refractivity contribution is -0.117. The minimum Gasteiger partial charge on any atom is -0.354 e. The fraction of sp³-hybridized carbons (Fsp3) is 0.258. The molecule has 7 nitrogen and oxygen atoms in total. The summed E-state index contributed by atoms with van der Waals surface area (Å²) >= 11 is 0. The van der Waals surface area contributed by atoms with E-state index in [4.69, 9.17) is 0 Å². The fourth-order valence-electron chi connectivity index (χ4n) is 5.68. The number of hydrogen-bond acceptors (Lipinski definition) is 4. The van der Waals surface area contributed by atoms with Crippen LogP contribution in [0.25, 0.3) is 22.2 Å². The number of aromatic amines is 1. The van der Waals surface area contributed by atoms with Gasteiger partial charge in [0.05, 0.1) is 17.5 Å². The van der Waals surface area contributed by atoms with Crippen molar-refractivity contribution in [2.75, 3.05) is 5.32 Å². The van der Waals surface area contributed by atoms with Crippen molar-refractivity contribution >= 4 is 34.6 Å². The van der Waals surface area contributed by atoms with E-state index < -0.39 is 0 Å². The number of rotatable bonds is 7. The van der Waals surface area contributed by atoms with Crippen molar-refractivity contribution in [1.29, 1.82) is 0 Å². The molecular weight excluding hydrogens is 474 g/mol. The number of nitrogens with one attached hydrogen (secondary N) is 4. The zero-order valence-electron chi connectivity index (χ0n) is 21.0. The molecule has 2 heterocycles. The molecule has 2 amide bonds. The number of carbonyl (C=O) groups excluding carboxylic acids is 2. The molecule has 38 heavy (non-hydrogen) atoms. The Balaban J connectivity index is 1.20. The van der Waals surface area contributed by atoms with Gasteiger partial charge >= 0.3 is 0 Å². The Bertz CT molecular complexity index is 1580. The van der Waals surface area contributed by atoms with Gasteiger partial charge in [0.1, 0.15) is 0 Å². The molecule has 4 N–H and O–H groups in total. The van der Waals surface area contributed by atoms with Crippen LogP contribution in [-0.2, 0) is 11.3 Å². The van der Waals surface area contributed by atoms with Crippen molar-refractivity contribution in [3.05, 3.63) is 89.0 Å². The van der Waals surface area contributed by atoms with Gasteiger partial charge in [0.15, 0.2) is 0 Å². The molecule has 0 saturated heterocycles. The highest BCUT2D eigenvalue weighted by atomic mass is 16.2. The number of hydrazone groups is 1. The Morgan fingerprint density at radius 2 is 1.89 bits per heavy atom. The SMILES string of the molecule is O=C1NN=Cc2c(-c3cccc(CNC4CCC4)c3)[nH]c3cc(NC(=O)[C@@H]4C[C@H]4c4ccccc4)cc1c23. The molecular formula is C31H29N5O2. The molecule has 0 unspecified atom stereocenters. The standard InChI is InChI=1S/C31H29N5O2/c37-30(24-15-23(24)19-7-2-1-3-8-19)34-22-13-25-28-26(17-33-36-31(25)38)29(35-27(28)14-22)20-9-4-6-18(12-20)16-32-21-10-5-11-21/h1-4,6-9,12-14,17,21,23-24,32,35H,5,10-11,15-16H2,(H,34,37)(H,36,38)/t23-,24+/m0/s1. The van der Waals surface area contributed by atoms with Crippen LogP contribution in [0.2, 0.25) is 0 Å². The van der Waals surface area contributed by atoms with Gasteiger partial charge in [0, 0.05) is 40.7 Å². The molecule has 3 aromatic carbocycles. The zero-order valence-corrected chi connectivity index (χ0v) is 21.0. The minimum atomic E-state index is -0.293. The maximum absolute atomic E-state index is 13.1. The Kier molecular flexibility index (Phi) is 5.59. The van der Waals surface area contributed by atoms with E-state index in [-0.39, 0.29) is 23.7 Å². The van der Waals surface area contributed by atoms with E-state index in [0.717, 1.165) is 40.7 Å². The number of H-pyrrole nitrogens is 1. The van der Waals surface area contributed by atoms with E-state index in [0.29, 0.717) is 17.3 Å². The molecule has 7 heteroatoms. The van der Waals surface area contributed by atoms with Gasteiger partial charge in [0.25, 0.3) is 5.91 Å². The van der Waals surface area contributed by atoms with Crippen LogP contribution in [0.4, 0.5) is 5.69 Å². The minimum absolute atomic E-state index is 0.0191. The first-order valence-corrected chi connectivity index (χ1v) is 13.4. The molecule has 4 aromatic rings. The van der Waals surface area contributed by atoms with Crippen LogP contribution in [0.3, 0.4) is 0 Å². The summed E-state index contributed by atoms with van der Waals surface area (Å²) in [6.45, 7) is 0.828. The van der Waals surface area contributed by atoms with Crippen molar-refractivity contribution < 1.29 is 9.59 Å². The molecule has 0 spiro atoms. The second kappa shape index (κ2) is 9.26. The van der Waals surface area contributed by atoms with Crippen molar-refractivity contribution in [3.63, 3.8) is 0 Å². The van der Waals surface area contributed by atoms with E-state index >= 15 is 0 Å². The quantitative estimate of drug-likeness (QED) is 0.276. The van der Waals surface area contributed by atoms with Crippen molar-refractivity contribution in [2.24, 2.45) is 11.0 Å². The van der Waals surface area contributed by atoms with Crippen molar-refractivity contribution in [3.8, 4) is 11.3 Å². The molecule has 2 saturated carbocycles. The first-order chi connectivity index (χ1) is 18.6. The predicted octanol–water partition coefficient (Wildman–Crippen LogP) is 5.30. The lowest BCUT2D eigenvalue weighted by Gasteiger charge is -2.26. The fourth-order valence-corrected chi connectivity index (χ4v) is 5.68. The van der Waals surface area contributed by atoms with E-state index in [1.54, 1.807) is 12.3 Å². The number of aromatic nitrogens is 1. The van der Waals surface area contributed by atoms with E-state index in [1.165, 1.54) is 30.4 Å². The van der Waals surface area contributed by atoms with Gasteiger partial charge in [-0.1, -0.05) is 55.0 Å². The Hall–Kier alpha value is -4.23. The van der Waals surface area contributed by atoms with Gasteiger partial charge in [-0.25, -0.2) is 5.43 Å². The summed E-state index contributed by atoms with van der Waals surface area (Å²) < 4.78 is 0. The van der Waals surface area contributed by atoms with E-state index in [9.17, 15) is 9.59 Å². The number of hydrogen-bond donors (Lipinski definition) is 4. The second-order valence-corrected chi connectivity index (χ2v) is 10.6. The topological polar surface area (TPSA) is 98.4 Å². The second-order valence-electron chi connectivity index (χ2n) is 10.6. The van der Waals surface area contributed by atoms with Gasteiger partial charge in [-0.3, -0.25) is 9.59 Å². The summed E-state index contributed by atoms with van der Waals surface area (Å²) in [4.78, 5) is 29.5. The number of anilines is 1. The Morgan fingerprint density at radius 1 is 1.03 bits per heavy atom. The maximum atomic E-state index is 13.1. The Morgan fingerprint density at radius 3 is 2.71 bits per heavy atom. The van der Waals surface area contributed by atoms with Crippen LogP contribution >= 0.6 is 0 Å². The third kappa shape index (κ3) is 4.19. The summed E-state index contributed by atoms with van der Waals surface area (Å²) in [5.74, 6) is -0.128. The van der Waals surface area contributed by atoms with Gasteiger partial charge in [-0.05, 0) is 60.1 Å². The molecule has 1 aromatic heterocycles. The summed E-state index contributed by atoms with van der Waals surface area (Å²) in [6.07, 6.45) is 6.34. The molecule has 2 fully saturated rings. The van der Waals surface area contributed by atoms with Gasteiger partial charge in [-0.2, -0.15) is 5.10 Å². The molecule has 0 radical (unpaired) electrons. The first kappa shape index (κ1) is 22.9. The summed E-state index contributed by atoms with van der Waals surface area (Å²) in [6, 6.07) is 22.9. The molecule has 1 aliphatic heterocycles. The van der Waals surface area contributed by atoms with Gasteiger partial charge < -0.3 is 15.6 Å². The largest absolute Gasteiger partial charge is 0.354 e. The number of carbonyl (C=O) groups is 2. The molecule has 190 valence electrons. The van der Waals surface area contributed by atoms with Gasteiger partial charge in [-0.15, -0.1) is 0 Å². The third-order valence-electron chi connectivity index (χ3n) is 8.08. The maximum Gasteiger partial charge on any atom is 0.272 e. The lowest BCUT2D eigenvalue weighted by Crippen LogP contribution is -2.34. The normalized spacial score (nSPS) is 20.1. The first-order valence-electron chi connectivity index (χ1n) is 13.4. The third-order valence-corrected chi connectivity index (χ3v) is 8.08. The molecule has 7 rings (SSSR count).